The molecule has 1 fully saturated rings. The van der Waals surface area contributed by atoms with E-state index in [2.05, 4.69) is 44.0 Å². The van der Waals surface area contributed by atoms with Crippen molar-refractivity contribution >= 4 is 0 Å². The maximum atomic E-state index is 9.09. The van der Waals surface area contributed by atoms with Gasteiger partial charge in [0.15, 0.2) is 0 Å². The third-order valence-corrected chi connectivity index (χ3v) is 3.58. The van der Waals surface area contributed by atoms with Crippen molar-refractivity contribution in [2.45, 2.75) is 65.1 Å². The Bertz CT molecular complexity index is 255. The first-order chi connectivity index (χ1) is 8.04. The minimum absolute atomic E-state index is 0.00316. The highest BCUT2D eigenvalue weighted by molar-refractivity contribution is 4.92. The van der Waals surface area contributed by atoms with Gasteiger partial charge in [0.2, 0.25) is 0 Å². The minimum Gasteiger partial charge on any atom is -0.300 e. The summed E-state index contributed by atoms with van der Waals surface area (Å²) in [5.41, 5.74) is 0. The van der Waals surface area contributed by atoms with Gasteiger partial charge in [-0.15, -0.1) is 0 Å². The van der Waals surface area contributed by atoms with E-state index >= 15 is 0 Å². The van der Waals surface area contributed by atoms with Crippen molar-refractivity contribution in [1.82, 2.24) is 10.2 Å². The van der Waals surface area contributed by atoms with Crippen LogP contribution in [0.1, 0.15) is 47.0 Å². The van der Waals surface area contributed by atoms with Gasteiger partial charge >= 0.3 is 0 Å². The topological polar surface area (TPSA) is 39.1 Å². The number of nitrogens with zero attached hydrogens (tertiary/aromatic N) is 2. The van der Waals surface area contributed by atoms with Crippen molar-refractivity contribution in [3.63, 3.8) is 0 Å². The maximum absolute atomic E-state index is 9.09. The van der Waals surface area contributed by atoms with Gasteiger partial charge in [0.05, 0.1) is 12.1 Å². The van der Waals surface area contributed by atoms with Gasteiger partial charge in [-0.3, -0.25) is 5.32 Å². The molecule has 1 aliphatic heterocycles. The fraction of sp³-hybridized carbons (Fsp3) is 0.929. The molecule has 3 heteroatoms. The van der Waals surface area contributed by atoms with Crippen LogP contribution in [-0.2, 0) is 0 Å². The zero-order chi connectivity index (χ0) is 12.8. The number of likely N-dealkylation sites (tertiary alicyclic amines) is 1. The number of hydrogen-bond donors (Lipinski definition) is 1. The first kappa shape index (κ1) is 14.5. The van der Waals surface area contributed by atoms with Crippen LogP contribution >= 0.6 is 0 Å². The van der Waals surface area contributed by atoms with Gasteiger partial charge in [-0.1, -0.05) is 13.8 Å². The molecule has 0 radical (unpaired) electrons. The van der Waals surface area contributed by atoms with Crippen LogP contribution in [0.3, 0.4) is 0 Å². The van der Waals surface area contributed by atoms with Crippen molar-refractivity contribution in [3.05, 3.63) is 0 Å². The highest BCUT2D eigenvalue weighted by Gasteiger charge is 2.27. The second-order valence-electron chi connectivity index (χ2n) is 5.78. The Morgan fingerprint density at radius 3 is 2.59 bits per heavy atom. The molecule has 0 amide bonds. The van der Waals surface area contributed by atoms with E-state index in [1.54, 1.807) is 0 Å². The molecule has 1 aliphatic rings. The van der Waals surface area contributed by atoms with Gasteiger partial charge in [-0.25, -0.2) is 0 Å². The Kier molecular flexibility index (Phi) is 5.94. The van der Waals surface area contributed by atoms with Gasteiger partial charge in [0.1, 0.15) is 0 Å². The molecular formula is C14H27N3. The first-order valence-electron chi connectivity index (χ1n) is 6.94. The van der Waals surface area contributed by atoms with E-state index in [1.165, 1.54) is 19.4 Å². The van der Waals surface area contributed by atoms with Gasteiger partial charge in [0.25, 0.3) is 0 Å². The molecular weight excluding hydrogens is 210 g/mol. The van der Waals surface area contributed by atoms with E-state index in [-0.39, 0.29) is 6.04 Å². The molecule has 0 aromatic carbocycles. The third kappa shape index (κ3) is 4.65. The lowest BCUT2D eigenvalue weighted by atomic mass is 10.0. The van der Waals surface area contributed by atoms with E-state index in [0.29, 0.717) is 6.04 Å². The van der Waals surface area contributed by atoms with Crippen LogP contribution in [0.25, 0.3) is 0 Å². The second-order valence-corrected chi connectivity index (χ2v) is 5.78. The van der Waals surface area contributed by atoms with E-state index in [0.717, 1.165) is 24.9 Å². The van der Waals surface area contributed by atoms with Crippen molar-refractivity contribution in [2.24, 2.45) is 5.92 Å². The van der Waals surface area contributed by atoms with E-state index < -0.39 is 0 Å². The average molecular weight is 237 g/mol. The van der Waals surface area contributed by atoms with Crippen LogP contribution in [-0.4, -0.2) is 36.1 Å². The summed E-state index contributed by atoms with van der Waals surface area (Å²) in [4.78, 5) is 2.57. The van der Waals surface area contributed by atoms with Crippen LogP contribution < -0.4 is 5.32 Å². The van der Waals surface area contributed by atoms with Crippen LogP contribution in [0.2, 0.25) is 0 Å². The lowest BCUT2D eigenvalue weighted by molar-refractivity contribution is 0.199. The smallest absolute Gasteiger partial charge is 0.0967 e. The number of nitriles is 1. The van der Waals surface area contributed by atoms with E-state index in [1.807, 2.05) is 0 Å². The molecule has 17 heavy (non-hydrogen) atoms. The zero-order valence-electron chi connectivity index (χ0n) is 11.7. The Labute approximate surface area is 106 Å². The maximum Gasteiger partial charge on any atom is 0.0967 e. The van der Waals surface area contributed by atoms with Gasteiger partial charge in [0, 0.05) is 18.6 Å². The molecule has 2 atom stereocenters. The predicted octanol–water partition coefficient (Wildman–Crippen LogP) is 2.39. The van der Waals surface area contributed by atoms with Gasteiger partial charge in [-0.2, -0.15) is 5.26 Å². The molecule has 1 rings (SSSR count). The molecule has 1 N–H and O–H groups in total. The zero-order valence-corrected chi connectivity index (χ0v) is 11.7. The Balaban J connectivity index is 2.36. The van der Waals surface area contributed by atoms with Crippen molar-refractivity contribution in [2.75, 3.05) is 13.1 Å². The summed E-state index contributed by atoms with van der Waals surface area (Å²) in [5.74, 6) is 0.732. The molecule has 2 unspecified atom stereocenters. The van der Waals surface area contributed by atoms with E-state index in [4.69, 9.17) is 5.26 Å². The fourth-order valence-electron chi connectivity index (χ4n) is 2.77. The van der Waals surface area contributed by atoms with Crippen LogP contribution in [0, 0.1) is 17.2 Å². The van der Waals surface area contributed by atoms with Crippen molar-refractivity contribution in [1.29, 1.82) is 5.26 Å². The molecule has 3 nitrogen and oxygen atoms in total. The summed E-state index contributed by atoms with van der Waals surface area (Å²) in [7, 11) is 0. The number of rotatable bonds is 6. The molecule has 98 valence electrons. The summed E-state index contributed by atoms with van der Waals surface area (Å²) in [5, 5.41) is 12.4. The molecule has 1 saturated heterocycles. The third-order valence-electron chi connectivity index (χ3n) is 3.58. The number of hydrogen-bond acceptors (Lipinski definition) is 3. The first-order valence-corrected chi connectivity index (χ1v) is 6.94. The second kappa shape index (κ2) is 6.98. The normalized spacial score (nSPS) is 23.2. The lowest BCUT2D eigenvalue weighted by Crippen LogP contribution is -2.39. The summed E-state index contributed by atoms with van der Waals surface area (Å²) in [6, 6.07) is 3.48. The molecule has 0 saturated carbocycles. The summed E-state index contributed by atoms with van der Waals surface area (Å²) >= 11 is 0. The van der Waals surface area contributed by atoms with Crippen LogP contribution in [0.5, 0.6) is 0 Å². The predicted molar refractivity (Wildman–Crippen MR) is 71.7 cm³/mol. The molecule has 0 spiro atoms. The monoisotopic (exact) mass is 237 g/mol. The van der Waals surface area contributed by atoms with Crippen molar-refractivity contribution < 1.29 is 0 Å². The fourth-order valence-corrected chi connectivity index (χ4v) is 2.77. The van der Waals surface area contributed by atoms with Crippen LogP contribution in [0.15, 0.2) is 0 Å². The Morgan fingerprint density at radius 2 is 2.06 bits per heavy atom. The highest BCUT2D eigenvalue weighted by Crippen LogP contribution is 2.23. The SMILES string of the molecule is CC(C)NC(C#N)CCN1CCCC1C(C)C. The number of nitrogens with one attached hydrogen (secondary N) is 1. The summed E-state index contributed by atoms with van der Waals surface area (Å²) < 4.78 is 0. The van der Waals surface area contributed by atoms with Crippen LogP contribution in [0.4, 0.5) is 0 Å². The van der Waals surface area contributed by atoms with Gasteiger partial charge in [-0.05, 0) is 45.6 Å². The Morgan fingerprint density at radius 1 is 1.35 bits per heavy atom. The van der Waals surface area contributed by atoms with Crippen molar-refractivity contribution in [3.8, 4) is 6.07 Å². The molecule has 0 aromatic heterocycles. The Hall–Kier alpha value is -0.590. The largest absolute Gasteiger partial charge is 0.300 e. The minimum atomic E-state index is 0.00316. The standard InChI is InChI=1S/C14H27N3/c1-11(2)14-6-5-8-17(14)9-7-13(10-15)16-12(3)4/h11-14,16H,5-9H2,1-4H3. The lowest BCUT2D eigenvalue weighted by Gasteiger charge is -2.28. The molecule has 0 bridgehead atoms. The highest BCUT2D eigenvalue weighted by atomic mass is 15.2. The van der Waals surface area contributed by atoms with E-state index in [9.17, 15) is 0 Å². The summed E-state index contributed by atoms with van der Waals surface area (Å²) in [6.07, 6.45) is 3.59. The quantitative estimate of drug-likeness (QED) is 0.771. The van der Waals surface area contributed by atoms with Gasteiger partial charge < -0.3 is 4.90 Å². The molecule has 1 heterocycles. The molecule has 0 aliphatic carbocycles. The average Bonchev–Trinajstić information content (AvgIpc) is 2.71. The summed E-state index contributed by atoms with van der Waals surface area (Å²) in [6.45, 7) is 11.1. The molecule has 0 aromatic rings.